The van der Waals surface area contributed by atoms with Crippen molar-refractivity contribution in [1.82, 2.24) is 4.90 Å². The number of hydrogen-bond donors (Lipinski definition) is 2. The third kappa shape index (κ3) is 5.85. The molecule has 4 nitrogen and oxygen atoms in total. The zero-order valence-electron chi connectivity index (χ0n) is 12.0. The van der Waals surface area contributed by atoms with Crippen LogP contribution in [0.1, 0.15) is 32.3 Å². The Labute approximate surface area is 116 Å². The Morgan fingerprint density at radius 2 is 1.84 bits per heavy atom. The summed E-state index contributed by atoms with van der Waals surface area (Å²) in [5.41, 5.74) is 7.44. The highest BCUT2D eigenvalue weighted by Gasteiger charge is 2.04. The quantitative estimate of drug-likeness (QED) is 0.756. The van der Waals surface area contributed by atoms with Crippen molar-refractivity contribution in [2.24, 2.45) is 5.73 Å². The van der Waals surface area contributed by atoms with E-state index in [2.05, 4.69) is 24.1 Å². The van der Waals surface area contributed by atoms with Gasteiger partial charge in [0.1, 0.15) is 0 Å². The third-order valence-electron chi connectivity index (χ3n) is 3.25. The van der Waals surface area contributed by atoms with Crippen LogP contribution in [0.5, 0.6) is 0 Å². The summed E-state index contributed by atoms with van der Waals surface area (Å²) in [4.78, 5) is 14.1. The smallest absolute Gasteiger partial charge is 0.224 e. The van der Waals surface area contributed by atoms with Gasteiger partial charge in [0.2, 0.25) is 5.91 Å². The molecular weight excluding hydrogens is 238 g/mol. The van der Waals surface area contributed by atoms with Crippen molar-refractivity contribution < 1.29 is 4.79 Å². The molecule has 3 N–H and O–H groups in total. The van der Waals surface area contributed by atoms with Gasteiger partial charge in [-0.25, -0.2) is 0 Å². The first-order valence-corrected chi connectivity index (χ1v) is 7.00. The Morgan fingerprint density at radius 1 is 1.21 bits per heavy atom. The highest BCUT2D eigenvalue weighted by atomic mass is 16.1. The number of carbonyl (C=O) groups excluding carboxylic acids is 1. The lowest BCUT2D eigenvalue weighted by atomic mass is 10.2. The maximum Gasteiger partial charge on any atom is 0.224 e. The maximum absolute atomic E-state index is 11.8. The van der Waals surface area contributed by atoms with Crippen molar-refractivity contribution in [2.75, 3.05) is 25.0 Å². The van der Waals surface area contributed by atoms with E-state index in [0.29, 0.717) is 13.0 Å². The summed E-state index contributed by atoms with van der Waals surface area (Å²) in [7, 11) is 0. The molecule has 0 aliphatic carbocycles. The summed E-state index contributed by atoms with van der Waals surface area (Å²) in [6.07, 6.45) is 1.46. The first kappa shape index (κ1) is 15.7. The highest BCUT2D eigenvalue weighted by Crippen LogP contribution is 2.09. The molecule has 1 aromatic carbocycles. The molecule has 0 radical (unpaired) electrons. The van der Waals surface area contributed by atoms with Crippen molar-refractivity contribution in [3.05, 3.63) is 29.8 Å². The number of hydrogen-bond acceptors (Lipinski definition) is 3. The molecule has 0 aliphatic rings. The lowest BCUT2D eigenvalue weighted by Gasteiger charge is -2.17. The van der Waals surface area contributed by atoms with E-state index in [0.717, 1.165) is 37.3 Å². The molecule has 0 saturated heterocycles. The molecule has 19 heavy (non-hydrogen) atoms. The van der Waals surface area contributed by atoms with Gasteiger partial charge in [-0.15, -0.1) is 0 Å². The summed E-state index contributed by atoms with van der Waals surface area (Å²) >= 11 is 0. The van der Waals surface area contributed by atoms with Crippen LogP contribution >= 0.6 is 0 Å². The summed E-state index contributed by atoms with van der Waals surface area (Å²) in [5, 5.41) is 2.90. The monoisotopic (exact) mass is 263 g/mol. The van der Waals surface area contributed by atoms with Crippen molar-refractivity contribution in [3.63, 3.8) is 0 Å². The van der Waals surface area contributed by atoms with Gasteiger partial charge in [-0.3, -0.25) is 4.79 Å². The Hall–Kier alpha value is -1.39. The first-order chi connectivity index (χ1) is 9.19. The number of amides is 1. The van der Waals surface area contributed by atoms with Crippen LogP contribution in [0, 0.1) is 0 Å². The molecule has 0 fully saturated rings. The molecular formula is C15H25N3O. The summed E-state index contributed by atoms with van der Waals surface area (Å²) in [5.74, 6) is 0.0765. The van der Waals surface area contributed by atoms with E-state index >= 15 is 0 Å². The van der Waals surface area contributed by atoms with E-state index in [1.165, 1.54) is 0 Å². The van der Waals surface area contributed by atoms with Gasteiger partial charge in [0.05, 0.1) is 0 Å². The first-order valence-electron chi connectivity index (χ1n) is 7.00. The summed E-state index contributed by atoms with van der Waals surface area (Å²) < 4.78 is 0. The van der Waals surface area contributed by atoms with Crippen LogP contribution in [0.3, 0.4) is 0 Å². The Bertz CT molecular complexity index is 371. The van der Waals surface area contributed by atoms with E-state index in [1.807, 2.05) is 24.3 Å². The van der Waals surface area contributed by atoms with Gasteiger partial charge in [-0.2, -0.15) is 0 Å². The van der Waals surface area contributed by atoms with E-state index in [1.54, 1.807) is 0 Å². The number of nitrogens with zero attached hydrogens (tertiary/aromatic N) is 1. The fourth-order valence-electron chi connectivity index (χ4n) is 1.95. The van der Waals surface area contributed by atoms with Crippen LogP contribution in [0.15, 0.2) is 24.3 Å². The number of rotatable bonds is 8. The second kappa shape index (κ2) is 8.67. The van der Waals surface area contributed by atoms with Crippen molar-refractivity contribution in [2.45, 2.75) is 33.2 Å². The second-order valence-corrected chi connectivity index (χ2v) is 4.58. The van der Waals surface area contributed by atoms with Crippen LogP contribution in [-0.2, 0) is 11.3 Å². The SMILES string of the molecule is CCN(CC)CCCC(=O)Nc1ccc(CN)cc1. The van der Waals surface area contributed by atoms with Gasteiger partial charge in [-0.05, 0) is 43.8 Å². The van der Waals surface area contributed by atoms with Gasteiger partial charge in [0, 0.05) is 18.7 Å². The van der Waals surface area contributed by atoms with Crippen molar-refractivity contribution in [1.29, 1.82) is 0 Å². The fourth-order valence-corrected chi connectivity index (χ4v) is 1.95. The molecule has 0 unspecified atom stereocenters. The zero-order valence-corrected chi connectivity index (χ0v) is 12.0. The topological polar surface area (TPSA) is 58.4 Å². The Kier molecular flexibility index (Phi) is 7.15. The third-order valence-corrected chi connectivity index (χ3v) is 3.25. The molecule has 0 aliphatic heterocycles. The number of carbonyl (C=O) groups is 1. The van der Waals surface area contributed by atoms with E-state index in [4.69, 9.17) is 5.73 Å². The Balaban J connectivity index is 2.30. The number of anilines is 1. The van der Waals surface area contributed by atoms with Crippen LogP contribution < -0.4 is 11.1 Å². The number of benzene rings is 1. The lowest BCUT2D eigenvalue weighted by Crippen LogP contribution is -2.25. The minimum absolute atomic E-state index is 0.0765. The molecule has 106 valence electrons. The minimum Gasteiger partial charge on any atom is -0.326 e. The van der Waals surface area contributed by atoms with E-state index < -0.39 is 0 Å². The average Bonchev–Trinajstić information content (AvgIpc) is 2.44. The predicted molar refractivity (Wildman–Crippen MR) is 80.0 cm³/mol. The largest absolute Gasteiger partial charge is 0.326 e. The second-order valence-electron chi connectivity index (χ2n) is 4.58. The molecule has 1 rings (SSSR count). The molecule has 0 bridgehead atoms. The molecule has 1 aromatic rings. The van der Waals surface area contributed by atoms with Gasteiger partial charge in [-0.1, -0.05) is 26.0 Å². The van der Waals surface area contributed by atoms with Gasteiger partial charge in [0.15, 0.2) is 0 Å². The molecule has 0 saturated carbocycles. The molecule has 0 spiro atoms. The predicted octanol–water partition coefficient (Wildman–Crippen LogP) is 2.21. The lowest BCUT2D eigenvalue weighted by molar-refractivity contribution is -0.116. The molecule has 0 atom stereocenters. The van der Waals surface area contributed by atoms with Gasteiger partial charge in [0.25, 0.3) is 0 Å². The Morgan fingerprint density at radius 3 is 2.37 bits per heavy atom. The minimum atomic E-state index is 0.0765. The number of nitrogens with one attached hydrogen (secondary N) is 1. The summed E-state index contributed by atoms with van der Waals surface area (Å²) in [6, 6.07) is 7.66. The highest BCUT2D eigenvalue weighted by molar-refractivity contribution is 5.90. The normalized spacial score (nSPS) is 10.7. The summed E-state index contributed by atoms with van der Waals surface area (Å²) in [6.45, 7) is 7.87. The van der Waals surface area contributed by atoms with Gasteiger partial charge < -0.3 is 16.0 Å². The standard InChI is InChI=1S/C15H25N3O/c1-3-18(4-2)11-5-6-15(19)17-14-9-7-13(12-16)8-10-14/h7-10H,3-6,11-12,16H2,1-2H3,(H,17,19). The van der Waals surface area contributed by atoms with Crippen molar-refractivity contribution >= 4 is 11.6 Å². The van der Waals surface area contributed by atoms with Crippen LogP contribution in [0.2, 0.25) is 0 Å². The molecule has 4 heteroatoms. The van der Waals surface area contributed by atoms with E-state index in [9.17, 15) is 4.79 Å². The molecule has 1 amide bonds. The van der Waals surface area contributed by atoms with Crippen LogP contribution in [0.25, 0.3) is 0 Å². The average molecular weight is 263 g/mol. The van der Waals surface area contributed by atoms with Crippen LogP contribution in [-0.4, -0.2) is 30.4 Å². The maximum atomic E-state index is 11.8. The van der Waals surface area contributed by atoms with Crippen LogP contribution in [0.4, 0.5) is 5.69 Å². The zero-order chi connectivity index (χ0) is 14.1. The fraction of sp³-hybridized carbons (Fsp3) is 0.533. The molecule has 0 aromatic heterocycles. The van der Waals surface area contributed by atoms with E-state index in [-0.39, 0.29) is 5.91 Å². The molecule has 0 heterocycles. The number of nitrogens with two attached hydrogens (primary N) is 1. The van der Waals surface area contributed by atoms with Crippen molar-refractivity contribution in [3.8, 4) is 0 Å². The van der Waals surface area contributed by atoms with Gasteiger partial charge >= 0.3 is 0 Å².